The summed E-state index contributed by atoms with van der Waals surface area (Å²) in [7, 11) is 1.30. The van der Waals surface area contributed by atoms with Crippen LogP contribution in [0.15, 0.2) is 30.3 Å². The van der Waals surface area contributed by atoms with Gasteiger partial charge in [0.15, 0.2) is 6.61 Å². The van der Waals surface area contributed by atoms with Crippen LogP contribution in [0.5, 0.6) is 0 Å². The van der Waals surface area contributed by atoms with Crippen LogP contribution >= 0.6 is 0 Å². The fraction of sp³-hybridized carbons (Fsp3) is 0.350. The monoisotopic (exact) mass is 370 g/mol. The number of rotatable bonds is 6. The average molecular weight is 370 g/mol. The number of nitrogens with zero attached hydrogens (tertiary/aromatic N) is 1. The lowest BCUT2D eigenvalue weighted by atomic mass is 10.2. The summed E-state index contributed by atoms with van der Waals surface area (Å²) in [4.78, 5) is 35.7. The van der Waals surface area contributed by atoms with Crippen LogP contribution in [0.2, 0.25) is 0 Å². The van der Waals surface area contributed by atoms with Crippen LogP contribution in [0.25, 0.3) is 0 Å². The standard InChI is InChI=1S/C20H22N2O5/c1-12-10-17(13(2)22(12)16-8-9-16)20(25)27-11-18(23)21-15-6-4-14(5-7-15)19(24)26-3/h4-7,10,16H,8-9,11H2,1-3H3,(H,21,23). The quantitative estimate of drug-likeness (QED) is 0.790. The molecule has 1 aromatic heterocycles. The highest BCUT2D eigenvalue weighted by Crippen LogP contribution is 2.38. The van der Waals surface area contributed by atoms with E-state index >= 15 is 0 Å². The van der Waals surface area contributed by atoms with Crippen LogP contribution in [0.3, 0.4) is 0 Å². The van der Waals surface area contributed by atoms with E-state index in [0.29, 0.717) is 22.9 Å². The summed E-state index contributed by atoms with van der Waals surface area (Å²) in [5.74, 6) is -1.41. The molecule has 7 heteroatoms. The summed E-state index contributed by atoms with van der Waals surface area (Å²) in [6.45, 7) is 3.47. The van der Waals surface area contributed by atoms with Gasteiger partial charge in [-0.15, -0.1) is 0 Å². The van der Waals surface area contributed by atoms with E-state index in [1.54, 1.807) is 30.3 Å². The van der Waals surface area contributed by atoms with E-state index < -0.39 is 17.8 Å². The number of ether oxygens (including phenoxy) is 2. The van der Waals surface area contributed by atoms with Gasteiger partial charge >= 0.3 is 11.9 Å². The molecule has 1 amide bonds. The number of amides is 1. The zero-order valence-electron chi connectivity index (χ0n) is 15.6. The summed E-state index contributed by atoms with van der Waals surface area (Å²) in [6, 6.07) is 8.52. The van der Waals surface area contributed by atoms with E-state index in [4.69, 9.17) is 4.74 Å². The minimum absolute atomic E-state index is 0.382. The minimum Gasteiger partial charge on any atom is -0.465 e. The van der Waals surface area contributed by atoms with Gasteiger partial charge in [-0.1, -0.05) is 0 Å². The van der Waals surface area contributed by atoms with Crippen molar-refractivity contribution in [3.05, 3.63) is 52.8 Å². The molecule has 0 bridgehead atoms. The largest absolute Gasteiger partial charge is 0.465 e. The predicted molar refractivity (Wildman–Crippen MR) is 98.9 cm³/mol. The van der Waals surface area contributed by atoms with Crippen LogP contribution in [-0.4, -0.2) is 36.1 Å². The Balaban J connectivity index is 1.55. The molecular formula is C20H22N2O5. The second kappa shape index (κ2) is 7.65. The molecule has 142 valence electrons. The van der Waals surface area contributed by atoms with E-state index in [2.05, 4.69) is 14.6 Å². The summed E-state index contributed by atoms with van der Waals surface area (Å²) in [5.41, 5.74) is 3.27. The number of carbonyl (C=O) groups excluding carboxylic acids is 3. The van der Waals surface area contributed by atoms with Gasteiger partial charge in [0.1, 0.15) is 0 Å². The third kappa shape index (κ3) is 4.19. The molecule has 1 heterocycles. The number of hydrogen-bond donors (Lipinski definition) is 1. The van der Waals surface area contributed by atoms with Crippen molar-refractivity contribution in [2.24, 2.45) is 0 Å². The van der Waals surface area contributed by atoms with Gasteiger partial charge in [-0.05, 0) is 57.0 Å². The molecule has 1 N–H and O–H groups in total. The van der Waals surface area contributed by atoms with Gasteiger partial charge in [0.05, 0.1) is 18.2 Å². The van der Waals surface area contributed by atoms with E-state index in [1.165, 1.54) is 7.11 Å². The van der Waals surface area contributed by atoms with Gasteiger partial charge in [0.25, 0.3) is 5.91 Å². The number of anilines is 1. The molecule has 0 radical (unpaired) electrons. The van der Waals surface area contributed by atoms with Crippen LogP contribution in [0.4, 0.5) is 5.69 Å². The van der Waals surface area contributed by atoms with Gasteiger partial charge in [-0.3, -0.25) is 4.79 Å². The number of aryl methyl sites for hydroxylation is 1. The Bertz CT molecular complexity index is 879. The molecule has 1 fully saturated rings. The van der Waals surface area contributed by atoms with Crippen molar-refractivity contribution in [1.82, 2.24) is 4.57 Å². The zero-order chi connectivity index (χ0) is 19.6. The predicted octanol–water partition coefficient (Wildman–Crippen LogP) is 3.02. The molecule has 7 nitrogen and oxygen atoms in total. The molecule has 27 heavy (non-hydrogen) atoms. The number of esters is 2. The maximum atomic E-state index is 12.3. The molecule has 1 aliphatic carbocycles. The third-order valence-corrected chi connectivity index (χ3v) is 4.54. The van der Waals surface area contributed by atoms with Gasteiger partial charge in [0.2, 0.25) is 0 Å². The maximum Gasteiger partial charge on any atom is 0.340 e. The lowest BCUT2D eigenvalue weighted by Gasteiger charge is -2.09. The zero-order valence-corrected chi connectivity index (χ0v) is 15.6. The molecule has 0 atom stereocenters. The van der Waals surface area contributed by atoms with Gasteiger partial charge in [-0.25, -0.2) is 9.59 Å². The molecule has 0 spiro atoms. The molecule has 3 rings (SSSR count). The molecular weight excluding hydrogens is 348 g/mol. The summed E-state index contributed by atoms with van der Waals surface area (Å²) in [6.07, 6.45) is 2.25. The van der Waals surface area contributed by atoms with Crippen LogP contribution < -0.4 is 5.32 Å². The minimum atomic E-state index is -0.508. The number of benzene rings is 1. The Labute approximate surface area is 157 Å². The highest BCUT2D eigenvalue weighted by atomic mass is 16.5. The smallest absolute Gasteiger partial charge is 0.340 e. The van der Waals surface area contributed by atoms with Gasteiger partial charge < -0.3 is 19.4 Å². The molecule has 1 aromatic carbocycles. The lowest BCUT2D eigenvalue weighted by molar-refractivity contribution is -0.119. The lowest BCUT2D eigenvalue weighted by Crippen LogP contribution is -2.21. The number of carbonyl (C=O) groups is 3. The molecule has 1 aliphatic rings. The van der Waals surface area contributed by atoms with Crippen LogP contribution in [0, 0.1) is 13.8 Å². The summed E-state index contributed by atoms with van der Waals surface area (Å²) >= 11 is 0. The van der Waals surface area contributed by atoms with Crippen molar-refractivity contribution in [3.8, 4) is 0 Å². The first-order valence-corrected chi connectivity index (χ1v) is 8.74. The molecule has 0 unspecified atom stereocenters. The Morgan fingerprint density at radius 3 is 2.37 bits per heavy atom. The SMILES string of the molecule is COC(=O)c1ccc(NC(=O)COC(=O)c2cc(C)n(C3CC3)c2C)cc1. The van der Waals surface area contributed by atoms with Crippen molar-refractivity contribution in [3.63, 3.8) is 0 Å². The van der Waals surface area contributed by atoms with Crippen molar-refractivity contribution in [1.29, 1.82) is 0 Å². The Hall–Kier alpha value is -3.09. The second-order valence-corrected chi connectivity index (χ2v) is 6.58. The van der Waals surface area contributed by atoms with Crippen LogP contribution in [0.1, 0.15) is 51.0 Å². The molecule has 1 saturated carbocycles. The normalized spacial score (nSPS) is 13.1. The Morgan fingerprint density at radius 2 is 1.78 bits per heavy atom. The topological polar surface area (TPSA) is 86.6 Å². The Kier molecular flexibility index (Phi) is 5.30. The molecule has 2 aromatic rings. The first kappa shape index (κ1) is 18.7. The highest BCUT2D eigenvalue weighted by molar-refractivity contribution is 5.96. The van der Waals surface area contributed by atoms with E-state index in [1.807, 2.05) is 13.8 Å². The molecule has 0 saturated heterocycles. The van der Waals surface area contributed by atoms with Crippen molar-refractivity contribution >= 4 is 23.5 Å². The van der Waals surface area contributed by atoms with Crippen molar-refractivity contribution in [2.75, 3.05) is 19.0 Å². The summed E-state index contributed by atoms with van der Waals surface area (Å²) in [5, 5.41) is 2.62. The van der Waals surface area contributed by atoms with Crippen LogP contribution in [-0.2, 0) is 14.3 Å². The Morgan fingerprint density at radius 1 is 1.11 bits per heavy atom. The third-order valence-electron chi connectivity index (χ3n) is 4.54. The number of aromatic nitrogens is 1. The van der Waals surface area contributed by atoms with Gasteiger partial charge in [-0.2, -0.15) is 0 Å². The first-order valence-electron chi connectivity index (χ1n) is 8.74. The highest BCUT2D eigenvalue weighted by Gasteiger charge is 2.28. The van der Waals surface area contributed by atoms with E-state index in [0.717, 1.165) is 24.2 Å². The average Bonchev–Trinajstić information content (AvgIpc) is 3.44. The second-order valence-electron chi connectivity index (χ2n) is 6.58. The first-order chi connectivity index (χ1) is 12.9. The number of hydrogen-bond acceptors (Lipinski definition) is 5. The van der Waals surface area contributed by atoms with Crippen molar-refractivity contribution < 1.29 is 23.9 Å². The fourth-order valence-electron chi connectivity index (χ4n) is 3.09. The summed E-state index contributed by atoms with van der Waals surface area (Å²) < 4.78 is 11.9. The number of nitrogens with one attached hydrogen (secondary N) is 1. The van der Waals surface area contributed by atoms with Crippen molar-refractivity contribution in [2.45, 2.75) is 32.7 Å². The molecule has 0 aliphatic heterocycles. The maximum absolute atomic E-state index is 12.3. The number of methoxy groups -OCH3 is 1. The van der Waals surface area contributed by atoms with Gasteiger partial charge in [0, 0.05) is 23.1 Å². The fourth-order valence-corrected chi connectivity index (χ4v) is 3.09. The van der Waals surface area contributed by atoms with E-state index in [9.17, 15) is 14.4 Å². The van der Waals surface area contributed by atoms with E-state index in [-0.39, 0.29) is 6.61 Å².